The van der Waals surface area contributed by atoms with Crippen molar-refractivity contribution in [3.05, 3.63) is 65.2 Å². The Labute approximate surface area is 200 Å². The van der Waals surface area contributed by atoms with E-state index in [4.69, 9.17) is 0 Å². The predicted molar refractivity (Wildman–Crippen MR) is 128 cm³/mol. The van der Waals surface area contributed by atoms with Crippen LogP contribution in [-0.2, 0) is 5.41 Å². The molecule has 0 N–H and O–H groups in total. The molecule has 0 unspecified atom stereocenters. The third-order valence-corrected chi connectivity index (χ3v) is 6.70. The molecule has 2 heterocycles. The number of pyridine rings is 1. The Morgan fingerprint density at radius 1 is 1.26 bits per heavy atom. The van der Waals surface area contributed by atoms with Crippen LogP contribution in [0.2, 0.25) is 0 Å². The van der Waals surface area contributed by atoms with Gasteiger partial charge in [-0.05, 0) is 61.1 Å². The summed E-state index contributed by atoms with van der Waals surface area (Å²) in [7, 11) is 0. The first kappa shape index (κ1) is 23.8. The number of thioether (sulfide) groups is 1. The molecular formula is C25H22F3N5S. The Hall–Kier alpha value is -3.38. The van der Waals surface area contributed by atoms with E-state index in [1.165, 1.54) is 22.6 Å². The molecule has 1 saturated carbocycles. The molecular weight excluding hydrogens is 459 g/mol. The topological polar surface area (TPSA) is 66.9 Å². The van der Waals surface area contributed by atoms with Gasteiger partial charge in [-0.1, -0.05) is 31.2 Å². The summed E-state index contributed by atoms with van der Waals surface area (Å²) in [5, 5.41) is 13.7. The van der Waals surface area contributed by atoms with Crippen LogP contribution in [0.4, 0.5) is 13.2 Å². The van der Waals surface area contributed by atoms with Crippen molar-refractivity contribution in [3.63, 3.8) is 0 Å². The number of halogens is 3. The van der Waals surface area contributed by atoms with Crippen molar-refractivity contribution < 1.29 is 13.2 Å². The molecule has 5 nitrogen and oxygen atoms in total. The fraction of sp³-hybridized carbons (Fsp3) is 0.280. The number of aliphatic imine (C=N–C) groups is 1. The summed E-state index contributed by atoms with van der Waals surface area (Å²) in [6.07, 6.45) is 1.26. The fourth-order valence-corrected chi connectivity index (χ4v) is 4.51. The highest BCUT2D eigenvalue weighted by Gasteiger charge is 2.44. The maximum absolute atomic E-state index is 13.3. The first-order valence-electron chi connectivity index (χ1n) is 10.7. The lowest BCUT2D eigenvalue weighted by molar-refractivity contribution is -0.0912. The molecule has 174 valence electrons. The number of hydrogen-bond acceptors (Lipinski definition) is 5. The van der Waals surface area contributed by atoms with Gasteiger partial charge in [0.25, 0.3) is 0 Å². The molecule has 0 spiro atoms. The van der Waals surface area contributed by atoms with Crippen molar-refractivity contribution in [1.29, 1.82) is 5.26 Å². The van der Waals surface area contributed by atoms with Crippen LogP contribution in [0.1, 0.15) is 36.6 Å². The highest BCUT2D eigenvalue weighted by atomic mass is 32.2. The highest BCUT2D eigenvalue weighted by Crippen LogP contribution is 2.47. The highest BCUT2D eigenvalue weighted by molar-refractivity contribution is 7.99. The average Bonchev–Trinajstić information content (AvgIpc) is 3.54. The van der Waals surface area contributed by atoms with E-state index in [0.29, 0.717) is 11.4 Å². The van der Waals surface area contributed by atoms with Crippen molar-refractivity contribution in [2.45, 2.75) is 43.2 Å². The third kappa shape index (κ3) is 4.50. The second-order valence-corrected chi connectivity index (χ2v) is 9.37. The Balaban J connectivity index is 1.75. The van der Waals surface area contributed by atoms with Crippen LogP contribution in [0, 0.1) is 18.3 Å². The number of benzene rings is 1. The Bertz CT molecular complexity index is 1300. The molecule has 0 radical (unpaired) electrons. The lowest BCUT2D eigenvalue weighted by atomic mass is 9.95. The minimum Gasteiger partial charge on any atom is -0.260 e. The Morgan fingerprint density at radius 3 is 2.53 bits per heavy atom. The monoisotopic (exact) mass is 481 g/mol. The molecule has 9 heteroatoms. The lowest BCUT2D eigenvalue weighted by Crippen LogP contribution is -2.11. The molecule has 0 amide bonds. The van der Waals surface area contributed by atoms with Gasteiger partial charge < -0.3 is 0 Å². The van der Waals surface area contributed by atoms with Gasteiger partial charge in [0, 0.05) is 11.8 Å². The van der Waals surface area contributed by atoms with Crippen molar-refractivity contribution >= 4 is 24.6 Å². The number of nitrogens with zero attached hydrogens (tertiary/aromatic N) is 5. The predicted octanol–water partition coefficient (Wildman–Crippen LogP) is 6.51. The molecule has 1 aliphatic carbocycles. The minimum atomic E-state index is -4.63. The van der Waals surface area contributed by atoms with Gasteiger partial charge in [0.05, 0.1) is 28.3 Å². The molecule has 0 aliphatic heterocycles. The molecule has 1 fully saturated rings. The largest absolute Gasteiger partial charge is 0.433 e. The second-order valence-electron chi connectivity index (χ2n) is 8.06. The van der Waals surface area contributed by atoms with Crippen molar-refractivity contribution in [1.82, 2.24) is 14.8 Å². The zero-order valence-electron chi connectivity index (χ0n) is 18.7. The molecule has 0 bridgehead atoms. The van der Waals surface area contributed by atoms with Crippen LogP contribution in [0.15, 0.2) is 58.3 Å². The van der Waals surface area contributed by atoms with Gasteiger partial charge in [0.2, 0.25) is 0 Å². The van der Waals surface area contributed by atoms with Crippen molar-refractivity contribution in [3.8, 4) is 23.0 Å². The van der Waals surface area contributed by atoms with Gasteiger partial charge in [-0.15, -0.1) is 11.8 Å². The first-order valence-corrected chi connectivity index (χ1v) is 11.7. The number of rotatable bonds is 7. The van der Waals surface area contributed by atoms with Crippen molar-refractivity contribution in [2.75, 3.05) is 5.75 Å². The van der Waals surface area contributed by atoms with Gasteiger partial charge in [-0.2, -0.15) is 23.5 Å². The number of hydrogen-bond donors (Lipinski definition) is 0. The van der Waals surface area contributed by atoms with Gasteiger partial charge in [-0.25, -0.2) is 9.67 Å². The third-order valence-electron chi connectivity index (χ3n) is 5.80. The van der Waals surface area contributed by atoms with E-state index in [1.807, 2.05) is 37.3 Å². The minimum absolute atomic E-state index is 0.244. The summed E-state index contributed by atoms with van der Waals surface area (Å²) in [4.78, 5) is 8.53. The quantitative estimate of drug-likeness (QED) is 0.285. The molecule has 4 rings (SSSR count). The second kappa shape index (κ2) is 9.11. The fourth-order valence-electron chi connectivity index (χ4n) is 3.72. The van der Waals surface area contributed by atoms with Gasteiger partial charge >= 0.3 is 6.18 Å². The number of allylic oxidation sites excluding steroid dienone is 1. The van der Waals surface area contributed by atoms with Crippen LogP contribution in [0.25, 0.3) is 23.0 Å². The molecule has 1 aliphatic rings. The standard InChI is InChI=1S/C25H22F3N5S/c1-4-34-21-11-18(17-5-7-19(8-6-17)24(15-29)9-10-24)14-31-23(21)33-20(16(2)13-32-33)12-22(30-3)25(26,27)28/h5-8,11-14H,3-4,9-10H2,1-2H3/b22-12-. The normalized spacial score (nSPS) is 15.1. The zero-order chi connectivity index (χ0) is 24.5. The summed E-state index contributed by atoms with van der Waals surface area (Å²) in [5.41, 5.74) is 2.20. The number of aryl methyl sites for hydroxylation is 1. The van der Waals surface area contributed by atoms with Crippen LogP contribution in [-0.4, -0.2) is 33.4 Å². The molecule has 0 saturated heterocycles. The molecule has 3 aromatic rings. The summed E-state index contributed by atoms with van der Waals surface area (Å²) in [6, 6.07) is 12.3. The van der Waals surface area contributed by atoms with E-state index in [9.17, 15) is 18.4 Å². The number of alkyl halides is 3. The summed E-state index contributed by atoms with van der Waals surface area (Å²) < 4.78 is 41.2. The van der Waals surface area contributed by atoms with Crippen molar-refractivity contribution in [2.24, 2.45) is 4.99 Å². The Morgan fingerprint density at radius 2 is 1.97 bits per heavy atom. The Kier molecular flexibility index (Phi) is 6.36. The number of aromatic nitrogens is 3. The van der Waals surface area contributed by atoms with E-state index in [-0.39, 0.29) is 11.1 Å². The summed E-state index contributed by atoms with van der Waals surface area (Å²) >= 11 is 1.53. The van der Waals surface area contributed by atoms with Crippen LogP contribution in [0.5, 0.6) is 0 Å². The van der Waals surface area contributed by atoms with E-state index in [0.717, 1.165) is 46.3 Å². The molecule has 34 heavy (non-hydrogen) atoms. The van der Waals surface area contributed by atoms with Gasteiger partial charge in [0.1, 0.15) is 5.70 Å². The summed E-state index contributed by atoms with van der Waals surface area (Å²) in [5.74, 6) is 1.19. The maximum Gasteiger partial charge on any atom is 0.433 e. The van der Waals surface area contributed by atoms with Crippen LogP contribution in [0.3, 0.4) is 0 Å². The maximum atomic E-state index is 13.3. The first-order chi connectivity index (χ1) is 16.2. The summed E-state index contributed by atoms with van der Waals surface area (Å²) in [6.45, 7) is 6.73. The molecule has 1 aromatic carbocycles. The molecule has 2 aromatic heterocycles. The van der Waals surface area contributed by atoms with E-state index in [1.54, 1.807) is 13.1 Å². The van der Waals surface area contributed by atoms with E-state index >= 15 is 0 Å². The SMILES string of the molecule is C=N/C(=C\c1c(C)cnn1-c1ncc(-c2ccc(C3(C#N)CC3)cc2)cc1SCC)C(F)(F)F. The van der Waals surface area contributed by atoms with Gasteiger partial charge in [0.15, 0.2) is 5.82 Å². The molecule has 0 atom stereocenters. The van der Waals surface area contributed by atoms with E-state index < -0.39 is 11.9 Å². The smallest absolute Gasteiger partial charge is 0.260 e. The zero-order valence-corrected chi connectivity index (χ0v) is 19.5. The van der Waals surface area contributed by atoms with E-state index in [2.05, 4.69) is 27.9 Å². The number of nitriles is 1. The average molecular weight is 482 g/mol. The lowest BCUT2D eigenvalue weighted by Gasteiger charge is -2.13. The van der Waals surface area contributed by atoms with Crippen LogP contribution >= 0.6 is 11.8 Å². The van der Waals surface area contributed by atoms with Crippen LogP contribution < -0.4 is 0 Å². The van der Waals surface area contributed by atoms with Gasteiger partial charge in [-0.3, -0.25) is 4.99 Å².